The minimum Gasteiger partial charge on any atom is -0.473 e. The van der Waals surface area contributed by atoms with Crippen molar-refractivity contribution in [2.45, 2.75) is 68.7 Å². The van der Waals surface area contributed by atoms with Crippen LogP contribution in [-0.2, 0) is 4.74 Å². The van der Waals surface area contributed by atoms with Crippen LogP contribution >= 0.6 is 11.8 Å². The number of urea groups is 1. The number of hydrogen-bond donors (Lipinski definition) is 1. The molecular formula is C30H44N4O5S. The first kappa shape index (κ1) is 30.2. The summed E-state index contributed by atoms with van der Waals surface area (Å²) in [5.74, 6) is 1.67. The monoisotopic (exact) mass is 572 g/mol. The quantitative estimate of drug-likeness (QED) is 0.398. The smallest absolute Gasteiger partial charge is 0.320 e. The number of morpholine rings is 1. The number of benzene rings is 1. The van der Waals surface area contributed by atoms with Crippen molar-refractivity contribution in [3.8, 4) is 5.88 Å². The van der Waals surface area contributed by atoms with Crippen LogP contribution in [0.25, 0.3) is 0 Å². The Morgan fingerprint density at radius 1 is 1.18 bits per heavy atom. The summed E-state index contributed by atoms with van der Waals surface area (Å²) in [6, 6.07) is 9.74. The highest BCUT2D eigenvalue weighted by Crippen LogP contribution is 2.41. The summed E-state index contributed by atoms with van der Waals surface area (Å²) < 4.78 is 17.0. The summed E-state index contributed by atoms with van der Waals surface area (Å²) >= 11 is 1.39. The van der Waals surface area contributed by atoms with Gasteiger partial charge in [-0.1, -0.05) is 57.7 Å². The lowest BCUT2D eigenvalue weighted by Crippen LogP contribution is -2.53. The summed E-state index contributed by atoms with van der Waals surface area (Å²) in [6.45, 7) is 11.8. The van der Waals surface area contributed by atoms with Crippen molar-refractivity contribution in [1.82, 2.24) is 20.3 Å². The second-order valence-electron chi connectivity index (χ2n) is 11.9. The van der Waals surface area contributed by atoms with E-state index in [-0.39, 0.29) is 35.7 Å². The van der Waals surface area contributed by atoms with Gasteiger partial charge >= 0.3 is 6.03 Å². The zero-order valence-corrected chi connectivity index (χ0v) is 25.3. The maximum Gasteiger partial charge on any atom is 0.320 e. The van der Waals surface area contributed by atoms with Gasteiger partial charge in [-0.2, -0.15) is 0 Å². The molecule has 40 heavy (non-hydrogen) atoms. The first-order chi connectivity index (χ1) is 19.2. The largest absolute Gasteiger partial charge is 0.473 e. The first-order valence-electron chi connectivity index (χ1n) is 14.4. The highest BCUT2D eigenvalue weighted by molar-refractivity contribution is 7.99. The third-order valence-electron chi connectivity index (χ3n) is 7.52. The van der Waals surface area contributed by atoms with Crippen LogP contribution in [0.15, 0.2) is 44.6 Å². The van der Waals surface area contributed by atoms with Gasteiger partial charge in [0.05, 0.1) is 19.8 Å². The Balaban J connectivity index is 1.50. The van der Waals surface area contributed by atoms with Crippen molar-refractivity contribution in [3.63, 3.8) is 0 Å². The third-order valence-corrected chi connectivity index (χ3v) is 8.60. The van der Waals surface area contributed by atoms with Crippen LogP contribution in [-0.4, -0.2) is 78.9 Å². The number of rotatable bonds is 10. The van der Waals surface area contributed by atoms with E-state index in [0.29, 0.717) is 55.5 Å². The molecule has 1 N–H and O–H groups in total. The number of amides is 3. The fourth-order valence-electron chi connectivity index (χ4n) is 6.24. The molecule has 1 aliphatic heterocycles. The van der Waals surface area contributed by atoms with Crippen LogP contribution in [0.3, 0.4) is 0 Å². The molecule has 1 saturated carbocycles. The van der Waals surface area contributed by atoms with E-state index in [1.807, 2.05) is 30.3 Å². The molecular weight excluding hydrogens is 528 g/mol. The SMILES string of the molecule is CC(C)CC1(NC(=O)c2onc(OCCN(C)C(=O)N3CCOCC3)c2Sc2ccccc2)CC(C)CC(C)C1. The zero-order chi connectivity index (χ0) is 28.7. The number of aromatic nitrogens is 1. The van der Waals surface area contributed by atoms with Gasteiger partial charge < -0.3 is 29.1 Å². The molecule has 2 heterocycles. The van der Waals surface area contributed by atoms with Gasteiger partial charge in [0.1, 0.15) is 11.5 Å². The van der Waals surface area contributed by atoms with Crippen LogP contribution in [0, 0.1) is 17.8 Å². The molecule has 2 unspecified atom stereocenters. The van der Waals surface area contributed by atoms with Gasteiger partial charge in [0.2, 0.25) is 5.76 Å². The molecule has 4 rings (SSSR count). The Morgan fingerprint density at radius 2 is 1.85 bits per heavy atom. The van der Waals surface area contributed by atoms with Crippen molar-refractivity contribution in [2.24, 2.45) is 17.8 Å². The van der Waals surface area contributed by atoms with Crippen LogP contribution in [0.2, 0.25) is 0 Å². The molecule has 2 fully saturated rings. The number of carbonyl (C=O) groups excluding carboxylic acids is 2. The van der Waals surface area contributed by atoms with Gasteiger partial charge in [-0.25, -0.2) is 4.79 Å². The molecule has 2 aromatic rings. The fourth-order valence-corrected chi connectivity index (χ4v) is 7.18. The van der Waals surface area contributed by atoms with Crippen LogP contribution in [0.1, 0.15) is 63.9 Å². The highest BCUT2D eigenvalue weighted by Gasteiger charge is 2.41. The number of likely N-dealkylation sites (N-methyl/N-ethyl adjacent to an activating group) is 1. The van der Waals surface area contributed by atoms with Gasteiger partial charge in [-0.3, -0.25) is 4.79 Å². The van der Waals surface area contributed by atoms with Gasteiger partial charge in [-0.15, -0.1) is 0 Å². The predicted octanol–water partition coefficient (Wildman–Crippen LogP) is 5.56. The van der Waals surface area contributed by atoms with E-state index in [1.54, 1.807) is 16.8 Å². The molecule has 2 aliphatic rings. The summed E-state index contributed by atoms with van der Waals surface area (Å²) in [6.07, 6.45) is 3.98. The van der Waals surface area contributed by atoms with Crippen LogP contribution < -0.4 is 10.1 Å². The molecule has 1 aromatic carbocycles. The minimum atomic E-state index is -0.284. The Morgan fingerprint density at radius 3 is 2.50 bits per heavy atom. The summed E-state index contributed by atoms with van der Waals surface area (Å²) in [7, 11) is 1.75. The lowest BCUT2D eigenvalue weighted by Gasteiger charge is -2.44. The van der Waals surface area contributed by atoms with E-state index < -0.39 is 0 Å². The summed E-state index contributed by atoms with van der Waals surface area (Å²) in [5.41, 5.74) is -0.284. The number of nitrogens with one attached hydrogen (secondary N) is 1. The second-order valence-corrected chi connectivity index (χ2v) is 13.0. The topological polar surface area (TPSA) is 97.1 Å². The van der Waals surface area contributed by atoms with Crippen LogP contribution in [0.4, 0.5) is 4.79 Å². The highest BCUT2D eigenvalue weighted by atomic mass is 32.2. The molecule has 0 bridgehead atoms. The lowest BCUT2D eigenvalue weighted by molar-refractivity contribution is 0.0443. The summed E-state index contributed by atoms with van der Waals surface area (Å²) in [5, 5.41) is 7.56. The molecule has 220 valence electrons. The van der Waals surface area contributed by atoms with Crippen LogP contribution in [0.5, 0.6) is 5.88 Å². The Bertz CT molecular complexity index is 1100. The van der Waals surface area contributed by atoms with Crippen molar-refractivity contribution in [3.05, 3.63) is 36.1 Å². The molecule has 10 heteroatoms. The van der Waals surface area contributed by atoms with Crippen molar-refractivity contribution in [1.29, 1.82) is 0 Å². The minimum absolute atomic E-state index is 0.0580. The third kappa shape index (κ3) is 7.94. The Kier molecular flexibility index (Phi) is 10.4. The first-order valence-corrected chi connectivity index (χ1v) is 15.2. The molecule has 0 spiro atoms. The Hall–Kier alpha value is -2.72. The van der Waals surface area contributed by atoms with E-state index in [4.69, 9.17) is 14.0 Å². The van der Waals surface area contributed by atoms with Crippen molar-refractivity contribution in [2.75, 3.05) is 46.5 Å². The average Bonchev–Trinajstić information content (AvgIpc) is 3.30. The van der Waals surface area contributed by atoms with E-state index in [9.17, 15) is 9.59 Å². The van der Waals surface area contributed by atoms with E-state index in [1.165, 1.54) is 18.2 Å². The molecule has 1 saturated heterocycles. The lowest BCUT2D eigenvalue weighted by atomic mass is 9.68. The molecule has 3 amide bonds. The van der Waals surface area contributed by atoms with Gasteiger partial charge in [0.25, 0.3) is 11.8 Å². The maximum absolute atomic E-state index is 13.8. The maximum atomic E-state index is 13.8. The molecule has 9 nitrogen and oxygen atoms in total. The standard InChI is InChI=1S/C30H44N4O5S/c1-21(2)18-30(19-22(3)17-23(4)20-30)31-27(35)25-26(40-24-9-7-6-8-10-24)28(32-39-25)38-16-11-33(5)29(36)34-12-14-37-15-13-34/h6-10,21-23H,11-20H2,1-5H3,(H,31,35). The predicted molar refractivity (Wildman–Crippen MR) is 155 cm³/mol. The van der Waals surface area contributed by atoms with E-state index >= 15 is 0 Å². The van der Waals surface area contributed by atoms with Gasteiger partial charge in [0.15, 0.2) is 0 Å². The van der Waals surface area contributed by atoms with E-state index in [2.05, 4.69) is 38.2 Å². The van der Waals surface area contributed by atoms with Gasteiger partial charge in [0, 0.05) is 30.6 Å². The molecule has 2 atom stereocenters. The van der Waals surface area contributed by atoms with Gasteiger partial charge in [-0.05, 0) is 60.7 Å². The second kappa shape index (κ2) is 13.8. The van der Waals surface area contributed by atoms with Crippen molar-refractivity contribution >= 4 is 23.7 Å². The molecule has 1 aromatic heterocycles. The van der Waals surface area contributed by atoms with Crippen molar-refractivity contribution < 1.29 is 23.6 Å². The molecule has 1 aliphatic carbocycles. The molecule has 0 radical (unpaired) electrons. The number of nitrogens with zero attached hydrogens (tertiary/aromatic N) is 3. The normalized spacial score (nSPS) is 23.2. The number of carbonyl (C=O) groups is 2. The Labute approximate surface area is 242 Å². The number of ether oxygens (including phenoxy) is 2. The number of hydrogen-bond acceptors (Lipinski definition) is 7. The summed E-state index contributed by atoms with van der Waals surface area (Å²) in [4.78, 5) is 31.4. The fraction of sp³-hybridized carbons (Fsp3) is 0.633. The van der Waals surface area contributed by atoms with E-state index in [0.717, 1.165) is 24.2 Å². The average molecular weight is 573 g/mol. The zero-order valence-electron chi connectivity index (χ0n) is 24.5.